The van der Waals surface area contributed by atoms with Crippen LogP contribution in [0.4, 0.5) is 30.7 Å². The highest BCUT2D eigenvalue weighted by molar-refractivity contribution is 6.05. The van der Waals surface area contributed by atoms with Gasteiger partial charge in [0.2, 0.25) is 0 Å². The number of halogens is 7. The number of allylic oxidation sites excluding steroid dienone is 1. The normalized spacial score (nSPS) is 13.6. The summed E-state index contributed by atoms with van der Waals surface area (Å²) in [6.07, 6.45) is -5.75. The second-order valence-electron chi connectivity index (χ2n) is 9.94. The van der Waals surface area contributed by atoms with Crippen molar-refractivity contribution in [3.63, 3.8) is 0 Å². The van der Waals surface area contributed by atoms with Gasteiger partial charge < -0.3 is 4.42 Å². The van der Waals surface area contributed by atoms with Gasteiger partial charge >= 0.3 is 11.9 Å². The van der Waals surface area contributed by atoms with Crippen molar-refractivity contribution in [3.05, 3.63) is 123 Å². The number of para-hydroxylation sites is 1. The van der Waals surface area contributed by atoms with E-state index in [2.05, 4.69) is 29.8 Å². The Morgan fingerprint density at radius 1 is 0.723 bits per heavy atom. The Morgan fingerprint density at radius 3 is 1.98 bits per heavy atom. The third-order valence-electron chi connectivity index (χ3n) is 7.16. The molecule has 0 unspecified atom stereocenters. The highest BCUT2D eigenvalue weighted by atomic mass is 19.4. The molecule has 0 aliphatic carbocycles. The van der Waals surface area contributed by atoms with Crippen LogP contribution in [-0.2, 0) is 6.18 Å². The third kappa shape index (κ3) is 4.72. The van der Waals surface area contributed by atoms with E-state index in [-0.39, 0.29) is 45.0 Å². The minimum absolute atomic E-state index is 0.105. The maximum atomic E-state index is 15.2. The molecule has 0 bridgehead atoms. The van der Waals surface area contributed by atoms with E-state index in [0.29, 0.717) is 16.6 Å². The van der Waals surface area contributed by atoms with Crippen LogP contribution in [0, 0.1) is 41.2 Å². The summed E-state index contributed by atoms with van der Waals surface area (Å²) < 4.78 is 105. The first-order chi connectivity index (χ1) is 22.5. The summed E-state index contributed by atoms with van der Waals surface area (Å²) in [5.41, 5.74) is -3.51. The monoisotopic (exact) mass is 641 g/mol. The molecule has 47 heavy (non-hydrogen) atoms. The van der Waals surface area contributed by atoms with Gasteiger partial charge in [-0.25, -0.2) is 52.6 Å². The molecule has 2 aromatic heterocycles. The molecular formula is C32H10F7N7O. The second-order valence-corrected chi connectivity index (χ2v) is 9.94. The highest BCUT2D eigenvalue weighted by Gasteiger charge is 2.43. The number of alkyl halides is 3. The molecule has 7 rings (SSSR count). The summed E-state index contributed by atoms with van der Waals surface area (Å²) in [6.45, 7) is 7.13. The summed E-state index contributed by atoms with van der Waals surface area (Å²) in [5, 5.41) is 11.1. The van der Waals surface area contributed by atoms with Crippen LogP contribution in [0.1, 0.15) is 5.56 Å². The number of benzene rings is 4. The van der Waals surface area contributed by atoms with E-state index in [1.807, 2.05) is 6.07 Å². The lowest BCUT2D eigenvalue weighted by Gasteiger charge is -2.14. The van der Waals surface area contributed by atoms with Gasteiger partial charge in [0.1, 0.15) is 16.7 Å². The van der Waals surface area contributed by atoms with Gasteiger partial charge in [0.05, 0.1) is 28.9 Å². The zero-order chi connectivity index (χ0) is 33.2. The average Bonchev–Trinajstić information content (AvgIpc) is 3.64. The minimum atomic E-state index is -5.75. The predicted molar refractivity (Wildman–Crippen MR) is 150 cm³/mol. The Balaban J connectivity index is 1.48. The molecule has 15 heteroatoms. The van der Waals surface area contributed by atoms with Crippen molar-refractivity contribution in [1.82, 2.24) is 15.0 Å². The number of hydrogen-bond donors (Lipinski definition) is 0. The number of furan rings is 1. The summed E-state index contributed by atoms with van der Waals surface area (Å²) in [6, 6.07) is 17.7. The molecule has 0 atom stereocenters. The second kappa shape index (κ2) is 10.6. The summed E-state index contributed by atoms with van der Waals surface area (Å²) >= 11 is 0. The average molecular weight is 641 g/mol. The van der Waals surface area contributed by atoms with E-state index < -0.39 is 46.4 Å². The number of aromatic nitrogens is 3. The van der Waals surface area contributed by atoms with Gasteiger partial charge in [0, 0.05) is 21.9 Å². The van der Waals surface area contributed by atoms with Gasteiger partial charge in [-0.15, -0.1) is 0 Å². The van der Waals surface area contributed by atoms with Crippen molar-refractivity contribution >= 4 is 21.9 Å². The Morgan fingerprint density at radius 2 is 1.32 bits per heavy atom. The molecule has 1 aliphatic rings. The van der Waals surface area contributed by atoms with Gasteiger partial charge in [-0.05, 0) is 36.4 Å². The minimum Gasteiger partial charge on any atom is -0.456 e. The first kappa shape index (κ1) is 29.2. The lowest BCUT2D eigenvalue weighted by Crippen LogP contribution is -2.21. The zero-order valence-corrected chi connectivity index (χ0v) is 23.0. The first-order valence-electron chi connectivity index (χ1n) is 13.2. The van der Waals surface area contributed by atoms with Crippen molar-refractivity contribution in [2.24, 2.45) is 9.98 Å². The van der Waals surface area contributed by atoms with Gasteiger partial charge in [-0.3, -0.25) is 0 Å². The van der Waals surface area contributed by atoms with Crippen molar-refractivity contribution < 1.29 is 35.2 Å². The quantitative estimate of drug-likeness (QED) is 0.0879. The fraction of sp³-hybridized carbons (Fsp3) is 0.0312. The number of nitrogens with zero attached hydrogens (tertiary/aromatic N) is 7. The molecular weight excluding hydrogens is 631 g/mol. The van der Waals surface area contributed by atoms with Crippen molar-refractivity contribution in [2.75, 3.05) is 0 Å². The SMILES string of the molecule is [C-]#[N+]/C(C#N)=C1\N=c2ccc(-c3nc(-c4ccc5c(c4)oc4ccccc45)nc(-c4c(F)c(F)c(C(F)(F)F)c(F)c4F)n3)cc2=N1. The maximum absolute atomic E-state index is 15.2. The molecule has 0 radical (unpaired) electrons. The molecule has 6 aromatic rings. The fourth-order valence-corrected chi connectivity index (χ4v) is 5.02. The molecule has 0 amide bonds. The van der Waals surface area contributed by atoms with E-state index in [1.165, 1.54) is 30.3 Å². The largest absolute Gasteiger partial charge is 0.456 e. The van der Waals surface area contributed by atoms with Gasteiger partial charge in [-0.1, -0.05) is 24.3 Å². The van der Waals surface area contributed by atoms with Crippen LogP contribution in [0.15, 0.2) is 86.6 Å². The van der Waals surface area contributed by atoms with Gasteiger partial charge in [-0.2, -0.15) is 13.2 Å². The van der Waals surface area contributed by atoms with Crippen molar-refractivity contribution in [3.8, 4) is 40.2 Å². The van der Waals surface area contributed by atoms with Crippen LogP contribution >= 0.6 is 0 Å². The van der Waals surface area contributed by atoms with Crippen LogP contribution in [0.5, 0.6) is 0 Å². The van der Waals surface area contributed by atoms with Crippen molar-refractivity contribution in [2.45, 2.75) is 6.18 Å². The molecule has 4 aromatic carbocycles. The van der Waals surface area contributed by atoms with Crippen LogP contribution in [0.25, 0.3) is 60.9 Å². The summed E-state index contributed by atoms with van der Waals surface area (Å²) in [5.74, 6) is -11.9. The summed E-state index contributed by atoms with van der Waals surface area (Å²) in [4.78, 5) is 23.7. The topological polar surface area (TPSA) is 105 Å². The van der Waals surface area contributed by atoms with Crippen LogP contribution in [0.2, 0.25) is 0 Å². The molecule has 3 heterocycles. The van der Waals surface area contributed by atoms with E-state index >= 15 is 8.78 Å². The molecule has 0 N–H and O–H groups in total. The Bertz CT molecular complexity index is 2550. The summed E-state index contributed by atoms with van der Waals surface area (Å²) in [7, 11) is 0. The van der Waals surface area contributed by atoms with Gasteiger partial charge in [0.15, 0.2) is 46.6 Å². The molecule has 1 aliphatic heterocycles. The number of hydrogen-bond acceptors (Lipinski definition) is 7. The third-order valence-corrected chi connectivity index (χ3v) is 7.16. The smallest absolute Gasteiger partial charge is 0.422 e. The Kier molecular flexibility index (Phi) is 6.57. The number of nitriles is 1. The Hall–Kier alpha value is -6.48. The van der Waals surface area contributed by atoms with Crippen molar-refractivity contribution in [1.29, 1.82) is 5.26 Å². The molecule has 0 fully saturated rings. The molecule has 0 saturated heterocycles. The molecule has 0 saturated carbocycles. The van der Waals surface area contributed by atoms with Crippen LogP contribution < -0.4 is 10.7 Å². The zero-order valence-electron chi connectivity index (χ0n) is 23.0. The molecule has 8 nitrogen and oxygen atoms in total. The number of rotatable bonds is 3. The van der Waals surface area contributed by atoms with E-state index in [4.69, 9.17) is 11.0 Å². The Labute approximate surface area is 256 Å². The highest BCUT2D eigenvalue weighted by Crippen LogP contribution is 2.40. The van der Waals surface area contributed by atoms with Crippen LogP contribution in [-0.4, -0.2) is 15.0 Å². The lowest BCUT2D eigenvalue weighted by molar-refractivity contribution is -0.143. The molecule has 228 valence electrons. The first-order valence-corrected chi connectivity index (χ1v) is 13.2. The van der Waals surface area contributed by atoms with E-state index in [0.717, 1.165) is 5.39 Å². The van der Waals surface area contributed by atoms with E-state index in [1.54, 1.807) is 30.3 Å². The van der Waals surface area contributed by atoms with E-state index in [9.17, 15) is 27.2 Å². The maximum Gasteiger partial charge on any atom is 0.422 e. The number of fused-ring (bicyclic) bond motifs is 4. The van der Waals surface area contributed by atoms with Crippen LogP contribution in [0.3, 0.4) is 0 Å². The molecule has 0 spiro atoms. The lowest BCUT2D eigenvalue weighted by atomic mass is 10.1. The fourth-order valence-electron chi connectivity index (χ4n) is 5.02. The van der Waals surface area contributed by atoms with Gasteiger partial charge in [0.25, 0.3) is 0 Å². The standard InChI is InChI=1S/C32H10F7N7O/c1-41-19(12-40)30-42-17-9-7-13(10-18(17)43-30)28-44-29(14-6-8-16-15-4-2-3-5-20(15)47-21(16)11-14)46-31(45-28)22-24(33)26(35)23(32(37,38)39)27(36)25(22)34/h2-11H/b30-19+. The predicted octanol–water partition coefficient (Wildman–Crippen LogP) is 7.21.